The highest BCUT2D eigenvalue weighted by atomic mass is 35.5. The number of methoxy groups -OCH3 is 2. The first kappa shape index (κ1) is 20.6. The lowest BCUT2D eigenvalue weighted by Gasteiger charge is -2.17. The van der Waals surface area contributed by atoms with Crippen LogP contribution in [-0.2, 0) is 6.54 Å². The molecule has 0 bridgehead atoms. The smallest absolute Gasteiger partial charge is 0.316 e. The second-order valence-electron chi connectivity index (χ2n) is 6.24. The van der Waals surface area contributed by atoms with Crippen molar-refractivity contribution in [2.45, 2.75) is 13.5 Å². The SMILES string of the molecule is COc1cc(Nc2nc(=O)c(OC)cn2Cc2ccc(F)c(Cl)c2)c(C)cc1F. The van der Waals surface area contributed by atoms with Gasteiger partial charge >= 0.3 is 5.56 Å². The summed E-state index contributed by atoms with van der Waals surface area (Å²) in [4.78, 5) is 16.2. The van der Waals surface area contributed by atoms with Gasteiger partial charge < -0.3 is 19.4 Å². The fourth-order valence-electron chi connectivity index (χ4n) is 2.73. The molecule has 0 aliphatic heterocycles. The predicted octanol–water partition coefficient (Wildman–Crippen LogP) is 4.29. The number of hydrogen-bond donors (Lipinski definition) is 1. The Morgan fingerprint density at radius 2 is 1.83 bits per heavy atom. The Morgan fingerprint density at radius 3 is 2.48 bits per heavy atom. The summed E-state index contributed by atoms with van der Waals surface area (Å²) >= 11 is 5.86. The minimum atomic E-state index is -0.574. The normalized spacial score (nSPS) is 10.7. The highest BCUT2D eigenvalue weighted by Crippen LogP contribution is 2.28. The third kappa shape index (κ3) is 4.48. The predicted molar refractivity (Wildman–Crippen MR) is 107 cm³/mol. The van der Waals surface area contributed by atoms with E-state index in [1.807, 2.05) is 0 Å². The van der Waals surface area contributed by atoms with Crippen LogP contribution in [0.25, 0.3) is 0 Å². The lowest BCUT2D eigenvalue weighted by Crippen LogP contribution is -2.19. The molecule has 29 heavy (non-hydrogen) atoms. The maximum Gasteiger partial charge on any atom is 0.316 e. The van der Waals surface area contributed by atoms with Gasteiger partial charge in [0.15, 0.2) is 11.6 Å². The Balaban J connectivity index is 2.05. The van der Waals surface area contributed by atoms with Crippen molar-refractivity contribution in [1.82, 2.24) is 9.55 Å². The van der Waals surface area contributed by atoms with E-state index in [2.05, 4.69) is 10.3 Å². The molecule has 2 aromatic carbocycles. The number of anilines is 2. The standard InChI is InChI=1S/C20H18ClF2N3O3/c1-11-6-15(23)17(28-2)8-16(11)24-20-25-19(27)18(29-3)10-26(20)9-12-4-5-14(22)13(21)7-12/h4-8,10H,9H2,1-3H3,(H,24,25,27). The van der Waals surface area contributed by atoms with Crippen LogP contribution in [0.3, 0.4) is 0 Å². The fourth-order valence-corrected chi connectivity index (χ4v) is 2.94. The van der Waals surface area contributed by atoms with E-state index in [0.717, 1.165) is 0 Å². The van der Waals surface area contributed by atoms with Gasteiger partial charge in [0, 0.05) is 11.8 Å². The van der Waals surface area contributed by atoms with Gasteiger partial charge in [0.2, 0.25) is 11.7 Å². The molecule has 1 heterocycles. The number of ether oxygens (including phenoxy) is 2. The summed E-state index contributed by atoms with van der Waals surface area (Å²) in [6, 6.07) is 7.10. The summed E-state index contributed by atoms with van der Waals surface area (Å²) in [6.45, 7) is 1.93. The second kappa shape index (κ2) is 8.48. The van der Waals surface area contributed by atoms with Gasteiger partial charge in [-0.25, -0.2) is 8.78 Å². The number of rotatable bonds is 6. The Hall–Kier alpha value is -3.13. The number of nitrogens with zero attached hydrogens (tertiary/aromatic N) is 2. The Morgan fingerprint density at radius 1 is 1.10 bits per heavy atom. The number of halogens is 3. The Labute approximate surface area is 170 Å². The quantitative estimate of drug-likeness (QED) is 0.643. The first-order valence-corrected chi connectivity index (χ1v) is 8.90. The topological polar surface area (TPSA) is 65.4 Å². The molecule has 0 aliphatic carbocycles. The molecule has 1 aromatic heterocycles. The molecule has 1 N–H and O–H groups in total. The third-order valence-corrected chi connectivity index (χ3v) is 4.56. The summed E-state index contributed by atoms with van der Waals surface area (Å²) in [5, 5.41) is 3.01. The van der Waals surface area contributed by atoms with Gasteiger partial charge in [0.25, 0.3) is 0 Å². The van der Waals surface area contributed by atoms with Crippen molar-refractivity contribution in [1.29, 1.82) is 0 Å². The maximum absolute atomic E-state index is 13.9. The van der Waals surface area contributed by atoms with E-state index in [0.29, 0.717) is 16.8 Å². The van der Waals surface area contributed by atoms with Crippen LogP contribution in [0.5, 0.6) is 11.5 Å². The van der Waals surface area contributed by atoms with Crippen molar-refractivity contribution in [2.24, 2.45) is 0 Å². The molecule has 0 unspecified atom stereocenters. The summed E-state index contributed by atoms with van der Waals surface area (Å²) in [5.41, 5.74) is 1.20. The molecule has 0 atom stereocenters. The summed E-state index contributed by atoms with van der Waals surface area (Å²) < 4.78 is 39.0. The molecule has 6 nitrogen and oxygen atoms in total. The summed E-state index contributed by atoms with van der Waals surface area (Å²) in [7, 11) is 2.72. The molecule has 0 aliphatic rings. The molecule has 0 amide bonds. The van der Waals surface area contributed by atoms with Crippen LogP contribution in [0.4, 0.5) is 20.4 Å². The average Bonchev–Trinajstić information content (AvgIpc) is 2.68. The van der Waals surface area contributed by atoms with Gasteiger partial charge in [0.1, 0.15) is 5.82 Å². The van der Waals surface area contributed by atoms with Crippen LogP contribution in [0, 0.1) is 18.6 Å². The van der Waals surface area contributed by atoms with Gasteiger partial charge in [-0.15, -0.1) is 0 Å². The molecule has 152 valence electrons. The number of aromatic nitrogens is 2. The van der Waals surface area contributed by atoms with Crippen molar-refractivity contribution >= 4 is 23.2 Å². The molecule has 3 rings (SSSR count). The maximum atomic E-state index is 13.9. The van der Waals surface area contributed by atoms with E-state index in [4.69, 9.17) is 21.1 Å². The van der Waals surface area contributed by atoms with Gasteiger partial charge in [-0.05, 0) is 36.2 Å². The molecule has 0 spiro atoms. The molecule has 0 radical (unpaired) electrons. The monoisotopic (exact) mass is 421 g/mol. The minimum absolute atomic E-state index is 0.0166. The highest BCUT2D eigenvalue weighted by Gasteiger charge is 2.14. The molecular weight excluding hydrogens is 404 g/mol. The van der Waals surface area contributed by atoms with E-state index < -0.39 is 17.2 Å². The zero-order valence-electron chi connectivity index (χ0n) is 15.9. The number of aryl methyl sites for hydroxylation is 1. The number of hydrogen-bond acceptors (Lipinski definition) is 5. The first-order valence-electron chi connectivity index (χ1n) is 8.53. The zero-order chi connectivity index (χ0) is 21.1. The lowest BCUT2D eigenvalue weighted by molar-refractivity contribution is 0.386. The van der Waals surface area contributed by atoms with E-state index in [9.17, 15) is 13.6 Å². The van der Waals surface area contributed by atoms with Crippen molar-refractivity contribution in [3.63, 3.8) is 0 Å². The van der Waals surface area contributed by atoms with E-state index >= 15 is 0 Å². The van der Waals surface area contributed by atoms with Gasteiger partial charge in [-0.2, -0.15) is 4.98 Å². The van der Waals surface area contributed by atoms with E-state index in [1.54, 1.807) is 17.6 Å². The largest absolute Gasteiger partial charge is 0.494 e. The van der Waals surface area contributed by atoms with E-state index in [1.165, 1.54) is 44.7 Å². The molecule has 0 saturated heterocycles. The van der Waals surface area contributed by atoms with Crippen LogP contribution in [-0.4, -0.2) is 23.8 Å². The zero-order valence-corrected chi connectivity index (χ0v) is 16.7. The van der Waals surface area contributed by atoms with Gasteiger partial charge in [-0.1, -0.05) is 17.7 Å². The summed E-state index contributed by atoms with van der Waals surface area (Å²) in [6.07, 6.45) is 1.48. The van der Waals surface area contributed by atoms with E-state index in [-0.39, 0.29) is 29.0 Å². The fraction of sp³-hybridized carbons (Fsp3) is 0.200. The summed E-state index contributed by atoms with van der Waals surface area (Å²) in [5.74, 6) is -0.758. The van der Waals surface area contributed by atoms with Crippen LogP contribution in [0.1, 0.15) is 11.1 Å². The molecule has 3 aromatic rings. The number of benzene rings is 2. The number of nitrogens with one attached hydrogen (secondary N) is 1. The van der Waals surface area contributed by atoms with Crippen molar-refractivity contribution in [3.8, 4) is 11.5 Å². The molecule has 9 heteroatoms. The highest BCUT2D eigenvalue weighted by molar-refractivity contribution is 6.30. The van der Waals surface area contributed by atoms with Crippen LogP contribution >= 0.6 is 11.6 Å². The molecule has 0 saturated carbocycles. The van der Waals surface area contributed by atoms with Crippen molar-refractivity contribution in [2.75, 3.05) is 19.5 Å². The first-order chi connectivity index (χ1) is 13.8. The van der Waals surface area contributed by atoms with Crippen LogP contribution in [0.2, 0.25) is 5.02 Å². The lowest BCUT2D eigenvalue weighted by atomic mass is 10.2. The second-order valence-corrected chi connectivity index (χ2v) is 6.65. The van der Waals surface area contributed by atoms with Gasteiger partial charge in [-0.3, -0.25) is 4.79 Å². The third-order valence-electron chi connectivity index (χ3n) is 4.27. The van der Waals surface area contributed by atoms with Crippen molar-refractivity contribution < 1.29 is 18.3 Å². The molecular formula is C20H18ClF2N3O3. The minimum Gasteiger partial charge on any atom is -0.494 e. The van der Waals surface area contributed by atoms with Crippen molar-refractivity contribution in [3.05, 3.63) is 74.7 Å². The van der Waals surface area contributed by atoms with Crippen LogP contribution in [0.15, 0.2) is 41.3 Å². The average molecular weight is 422 g/mol. The Kier molecular flexibility index (Phi) is 6.03. The Bertz CT molecular complexity index is 1120. The molecule has 0 fully saturated rings. The van der Waals surface area contributed by atoms with Crippen LogP contribution < -0.4 is 20.3 Å². The van der Waals surface area contributed by atoms with Gasteiger partial charge in [0.05, 0.1) is 32.0 Å².